The molecule has 3 unspecified atom stereocenters. The van der Waals surface area contributed by atoms with Gasteiger partial charge in [-0.3, -0.25) is 14.3 Å². The smallest absolute Gasteiger partial charge is 0.330 e. The number of aromatic nitrogens is 2. The monoisotopic (exact) mass is 468 g/mol. The van der Waals surface area contributed by atoms with Crippen LogP contribution in [-0.4, -0.2) is 41.8 Å². The Morgan fingerprint density at radius 3 is 2.67 bits per heavy atom. The molecule has 7 nitrogen and oxygen atoms in total. The number of hydrogen-bond donors (Lipinski definition) is 2. The number of halogens is 1. The van der Waals surface area contributed by atoms with Gasteiger partial charge in [0.25, 0.3) is 5.56 Å². The van der Waals surface area contributed by atoms with Gasteiger partial charge < -0.3 is 14.3 Å². The Morgan fingerprint density at radius 2 is 2.08 bits per heavy atom. The minimum atomic E-state index is -1.94. The Labute approximate surface area is 155 Å². The normalized spacial score (nSPS) is 25.2. The highest BCUT2D eigenvalue weighted by Gasteiger charge is 2.41. The molecule has 2 N–H and O–H groups in total. The second kappa shape index (κ2) is 7.02. The quantitative estimate of drug-likeness (QED) is 0.520. The third kappa shape index (κ3) is 4.18. The lowest BCUT2D eigenvalue weighted by Crippen LogP contribution is -2.43. The van der Waals surface area contributed by atoms with Crippen LogP contribution in [0.1, 0.15) is 33.4 Å². The van der Waals surface area contributed by atoms with Gasteiger partial charge in [0.05, 0.1) is 16.3 Å². The molecule has 0 aliphatic carbocycles. The van der Waals surface area contributed by atoms with Crippen LogP contribution < -0.4 is 11.2 Å². The van der Waals surface area contributed by atoms with E-state index < -0.39 is 38.0 Å². The van der Waals surface area contributed by atoms with E-state index >= 15 is 0 Å². The Hall–Kier alpha value is -0.493. The fourth-order valence-corrected chi connectivity index (χ4v) is 3.67. The van der Waals surface area contributed by atoms with Crippen molar-refractivity contribution in [1.29, 1.82) is 0 Å². The van der Waals surface area contributed by atoms with Crippen LogP contribution >= 0.6 is 22.6 Å². The maximum atomic E-state index is 12.0. The summed E-state index contributed by atoms with van der Waals surface area (Å²) < 4.78 is 13.7. The van der Waals surface area contributed by atoms with Crippen molar-refractivity contribution in [1.82, 2.24) is 9.55 Å². The molecule has 1 aliphatic heterocycles. The first-order valence-corrected chi connectivity index (χ1v) is 11.9. The maximum absolute atomic E-state index is 12.0. The van der Waals surface area contributed by atoms with Crippen molar-refractivity contribution < 1.29 is 14.3 Å². The van der Waals surface area contributed by atoms with Crippen molar-refractivity contribution in [3.05, 3.63) is 30.6 Å². The van der Waals surface area contributed by atoms with E-state index in [2.05, 4.69) is 38.8 Å². The van der Waals surface area contributed by atoms with Gasteiger partial charge in [-0.15, -0.1) is 0 Å². The summed E-state index contributed by atoms with van der Waals surface area (Å²) in [5.41, 5.74) is -0.961. The van der Waals surface area contributed by atoms with Crippen LogP contribution in [0.2, 0.25) is 18.1 Å². The molecular formula is C15H25IN2O5Si. The third-order valence-corrected chi connectivity index (χ3v) is 10.1. The molecule has 24 heavy (non-hydrogen) atoms. The van der Waals surface area contributed by atoms with Gasteiger partial charge in [-0.1, -0.05) is 20.8 Å². The van der Waals surface area contributed by atoms with Gasteiger partial charge in [-0.2, -0.15) is 0 Å². The number of rotatable bonds is 4. The van der Waals surface area contributed by atoms with Crippen LogP contribution in [0.3, 0.4) is 0 Å². The summed E-state index contributed by atoms with van der Waals surface area (Å²) in [4.78, 5) is 25.7. The van der Waals surface area contributed by atoms with Crippen LogP contribution in [0.25, 0.3) is 0 Å². The standard InChI is InChI=1S/C15H25IN2O5Si/c1-15(2,3)24(4,5)22-8-11-10(19)6-12(23-11)18-7-9(16)13(20)17-14(18)21/h7,10-12,19H,6,8H2,1-5H3,(H,17,20,21). The molecule has 9 heteroatoms. The SMILES string of the molecule is CC(C)(C)[Si](C)(C)OCC1OC(n2cc(I)c(=O)[nH]c2=O)CC1O. The molecular weight excluding hydrogens is 443 g/mol. The van der Waals surface area contributed by atoms with E-state index in [0.29, 0.717) is 10.2 Å². The zero-order valence-electron chi connectivity index (χ0n) is 14.6. The molecule has 2 rings (SSSR count). The second-order valence-electron chi connectivity index (χ2n) is 7.65. The number of aromatic amines is 1. The molecule has 136 valence electrons. The molecule has 3 atom stereocenters. The number of nitrogens with one attached hydrogen (secondary N) is 1. The highest BCUT2D eigenvalue weighted by atomic mass is 127. The van der Waals surface area contributed by atoms with Crippen molar-refractivity contribution >= 4 is 30.9 Å². The first kappa shape index (κ1) is 19.8. The maximum Gasteiger partial charge on any atom is 0.330 e. The van der Waals surface area contributed by atoms with Crippen molar-refractivity contribution in [3.63, 3.8) is 0 Å². The van der Waals surface area contributed by atoms with E-state index in [0.717, 1.165) is 0 Å². The largest absolute Gasteiger partial charge is 0.414 e. The summed E-state index contributed by atoms with van der Waals surface area (Å²) in [6.07, 6.45) is -0.0632. The fraction of sp³-hybridized carbons (Fsp3) is 0.733. The molecule has 1 aliphatic rings. The molecule has 2 heterocycles. The highest BCUT2D eigenvalue weighted by Crippen LogP contribution is 2.37. The van der Waals surface area contributed by atoms with E-state index in [4.69, 9.17) is 9.16 Å². The Bertz CT molecular complexity index is 709. The van der Waals surface area contributed by atoms with Gasteiger partial charge >= 0.3 is 5.69 Å². The molecule has 0 radical (unpaired) electrons. The molecule has 1 saturated heterocycles. The van der Waals surface area contributed by atoms with E-state index in [1.54, 1.807) is 0 Å². The lowest BCUT2D eigenvalue weighted by atomic mass is 10.2. The molecule has 1 aromatic rings. The summed E-state index contributed by atoms with van der Waals surface area (Å²) >= 11 is 1.86. The first-order valence-electron chi connectivity index (χ1n) is 7.91. The zero-order valence-corrected chi connectivity index (χ0v) is 17.8. The van der Waals surface area contributed by atoms with Crippen LogP contribution in [0, 0.1) is 3.57 Å². The number of H-pyrrole nitrogens is 1. The molecule has 0 bridgehead atoms. The Morgan fingerprint density at radius 1 is 1.46 bits per heavy atom. The van der Waals surface area contributed by atoms with Gasteiger partial charge in [0.1, 0.15) is 12.3 Å². The number of aliphatic hydroxyl groups excluding tert-OH is 1. The van der Waals surface area contributed by atoms with Gasteiger partial charge in [0, 0.05) is 12.6 Å². The summed E-state index contributed by atoms with van der Waals surface area (Å²) in [5.74, 6) is 0. The van der Waals surface area contributed by atoms with Gasteiger partial charge in [-0.25, -0.2) is 4.79 Å². The highest BCUT2D eigenvalue weighted by molar-refractivity contribution is 14.1. The molecule has 0 spiro atoms. The van der Waals surface area contributed by atoms with Crippen LogP contribution in [0.4, 0.5) is 0 Å². The summed E-state index contributed by atoms with van der Waals surface area (Å²) in [6, 6.07) is 0. The van der Waals surface area contributed by atoms with Crippen molar-refractivity contribution in [3.8, 4) is 0 Å². The summed E-state index contributed by atoms with van der Waals surface area (Å²) in [7, 11) is -1.94. The predicted molar refractivity (Wildman–Crippen MR) is 102 cm³/mol. The Balaban J connectivity index is 2.09. The van der Waals surface area contributed by atoms with E-state index in [1.165, 1.54) is 10.8 Å². The average molecular weight is 468 g/mol. The lowest BCUT2D eigenvalue weighted by molar-refractivity contribution is -0.0433. The van der Waals surface area contributed by atoms with Crippen LogP contribution in [0.15, 0.2) is 15.8 Å². The van der Waals surface area contributed by atoms with Gasteiger partial charge in [-0.05, 0) is 40.7 Å². The van der Waals surface area contributed by atoms with E-state index in [9.17, 15) is 14.7 Å². The average Bonchev–Trinajstić information content (AvgIpc) is 2.80. The summed E-state index contributed by atoms with van der Waals surface area (Å²) in [6.45, 7) is 11.0. The topological polar surface area (TPSA) is 93.5 Å². The minimum Gasteiger partial charge on any atom is -0.414 e. The predicted octanol–water partition coefficient (Wildman–Crippen LogP) is 1.81. The van der Waals surface area contributed by atoms with Crippen molar-refractivity contribution in [2.45, 2.75) is 63.8 Å². The lowest BCUT2D eigenvalue weighted by Gasteiger charge is -2.37. The van der Waals surface area contributed by atoms with Gasteiger partial charge in [0.2, 0.25) is 0 Å². The molecule has 0 amide bonds. The second-order valence-corrected chi connectivity index (χ2v) is 13.6. The number of nitrogens with zero attached hydrogens (tertiary/aromatic N) is 1. The summed E-state index contributed by atoms with van der Waals surface area (Å²) in [5, 5.41) is 10.3. The van der Waals surface area contributed by atoms with Crippen molar-refractivity contribution in [2.24, 2.45) is 0 Å². The van der Waals surface area contributed by atoms with Gasteiger partial charge in [0.15, 0.2) is 8.32 Å². The molecule has 0 saturated carbocycles. The minimum absolute atomic E-state index is 0.0714. The molecule has 1 aromatic heterocycles. The number of aliphatic hydroxyl groups is 1. The zero-order chi connectivity index (χ0) is 18.3. The van der Waals surface area contributed by atoms with E-state index in [1.807, 2.05) is 22.6 Å². The third-order valence-electron chi connectivity index (χ3n) is 4.85. The number of hydrogen-bond acceptors (Lipinski definition) is 5. The number of ether oxygens (including phenoxy) is 1. The molecule has 0 aromatic carbocycles. The van der Waals surface area contributed by atoms with Crippen LogP contribution in [0.5, 0.6) is 0 Å². The van der Waals surface area contributed by atoms with Crippen LogP contribution in [-0.2, 0) is 9.16 Å². The Kier molecular flexibility index (Phi) is 5.80. The molecule has 1 fully saturated rings. The van der Waals surface area contributed by atoms with E-state index in [-0.39, 0.29) is 11.5 Å². The fourth-order valence-electron chi connectivity index (χ4n) is 2.22. The van der Waals surface area contributed by atoms with Crippen molar-refractivity contribution in [2.75, 3.05) is 6.61 Å². The first-order chi connectivity index (χ1) is 10.9.